The fraction of sp³-hybridized carbons (Fsp3) is 0.333. The van der Waals surface area contributed by atoms with Crippen molar-refractivity contribution in [3.63, 3.8) is 0 Å². The number of aromatic nitrogens is 2. The molecule has 3 aromatic rings. The molecule has 26 heavy (non-hydrogen) atoms. The molecule has 5 heteroatoms. The smallest absolute Gasteiger partial charge is 0.223 e. The zero-order chi connectivity index (χ0) is 17.9. The van der Waals surface area contributed by atoms with Crippen molar-refractivity contribution >= 4 is 10.9 Å². The van der Waals surface area contributed by atoms with Gasteiger partial charge in [-0.15, -0.1) is 0 Å². The molecule has 1 aliphatic rings. The van der Waals surface area contributed by atoms with Gasteiger partial charge < -0.3 is 14.0 Å². The van der Waals surface area contributed by atoms with Gasteiger partial charge >= 0.3 is 0 Å². The zero-order valence-electron chi connectivity index (χ0n) is 14.8. The predicted octanol–water partition coefficient (Wildman–Crippen LogP) is 4.13. The Kier molecular flexibility index (Phi) is 4.59. The van der Waals surface area contributed by atoms with E-state index in [1.807, 2.05) is 12.1 Å². The fourth-order valence-corrected chi connectivity index (χ4v) is 3.71. The highest BCUT2D eigenvalue weighted by Crippen LogP contribution is 2.38. The van der Waals surface area contributed by atoms with Crippen molar-refractivity contribution in [1.82, 2.24) is 9.55 Å². The predicted molar refractivity (Wildman–Crippen MR) is 100 cm³/mol. The van der Waals surface area contributed by atoms with E-state index in [-0.39, 0.29) is 0 Å². The normalized spacial score (nSPS) is 15.1. The molecule has 0 unspecified atom stereocenters. The first-order valence-corrected chi connectivity index (χ1v) is 8.89. The average molecular weight is 347 g/mol. The lowest BCUT2D eigenvalue weighted by atomic mass is 10.0. The van der Waals surface area contributed by atoms with Gasteiger partial charge in [-0.25, -0.2) is 4.98 Å². The van der Waals surface area contributed by atoms with Gasteiger partial charge in [0.2, 0.25) is 5.88 Å². The number of hydrogen-bond acceptors (Lipinski definition) is 4. The molecule has 3 heterocycles. The van der Waals surface area contributed by atoms with Gasteiger partial charge in [0.15, 0.2) is 0 Å². The van der Waals surface area contributed by atoms with Gasteiger partial charge in [0.25, 0.3) is 0 Å². The lowest BCUT2D eigenvalue weighted by Crippen LogP contribution is -2.18. The minimum atomic E-state index is 0.421. The molecule has 1 aromatic carbocycles. The Labute approximate surface area is 152 Å². The summed E-state index contributed by atoms with van der Waals surface area (Å²) >= 11 is 0. The van der Waals surface area contributed by atoms with Gasteiger partial charge in [-0.2, -0.15) is 5.26 Å². The van der Waals surface area contributed by atoms with Crippen LogP contribution in [-0.4, -0.2) is 29.9 Å². The van der Waals surface area contributed by atoms with Crippen molar-refractivity contribution in [2.75, 3.05) is 20.3 Å². The molecule has 5 nitrogen and oxygen atoms in total. The number of nitriles is 1. The monoisotopic (exact) mass is 347 g/mol. The van der Waals surface area contributed by atoms with Gasteiger partial charge in [0.05, 0.1) is 30.5 Å². The molecule has 0 spiro atoms. The van der Waals surface area contributed by atoms with Gasteiger partial charge in [-0.1, -0.05) is 24.3 Å². The minimum Gasteiger partial charge on any atom is -0.480 e. The highest BCUT2D eigenvalue weighted by Gasteiger charge is 2.22. The van der Waals surface area contributed by atoms with Crippen LogP contribution in [0.4, 0.5) is 0 Å². The third-order valence-corrected chi connectivity index (χ3v) is 5.04. The van der Waals surface area contributed by atoms with Crippen molar-refractivity contribution in [3.05, 3.63) is 48.3 Å². The SMILES string of the molecule is COc1nccc2c1c(-c1ccc(CC#N)cc1)cn2C1CCOCC1. The Hall–Kier alpha value is -2.84. The molecule has 132 valence electrons. The van der Waals surface area contributed by atoms with Gasteiger partial charge in [0, 0.05) is 37.2 Å². The highest BCUT2D eigenvalue weighted by molar-refractivity contribution is 5.99. The van der Waals surface area contributed by atoms with Crippen LogP contribution in [0.25, 0.3) is 22.0 Å². The van der Waals surface area contributed by atoms with Gasteiger partial charge in [-0.05, 0) is 30.0 Å². The Morgan fingerprint density at radius 2 is 2.00 bits per heavy atom. The zero-order valence-corrected chi connectivity index (χ0v) is 14.8. The standard InChI is InChI=1S/C21H21N3O2/c1-25-21-20-18(16-4-2-15(3-5-16)6-10-22)14-24(19(20)7-11-23-21)17-8-12-26-13-9-17/h2-5,7,11,14,17H,6,8-9,12-13H2,1H3. The number of fused-ring (bicyclic) bond motifs is 1. The summed E-state index contributed by atoms with van der Waals surface area (Å²) < 4.78 is 13.4. The third-order valence-electron chi connectivity index (χ3n) is 5.04. The number of pyridine rings is 1. The summed E-state index contributed by atoms with van der Waals surface area (Å²) in [5, 5.41) is 9.91. The van der Waals surface area contributed by atoms with Crippen LogP contribution >= 0.6 is 0 Å². The quantitative estimate of drug-likeness (QED) is 0.712. The summed E-state index contributed by atoms with van der Waals surface area (Å²) in [6, 6.07) is 12.8. The Balaban J connectivity index is 1.86. The molecule has 1 fully saturated rings. The second kappa shape index (κ2) is 7.19. The topological polar surface area (TPSA) is 60.1 Å². The van der Waals surface area contributed by atoms with E-state index >= 15 is 0 Å². The lowest BCUT2D eigenvalue weighted by molar-refractivity contribution is 0.0707. The average Bonchev–Trinajstić information content (AvgIpc) is 3.09. The van der Waals surface area contributed by atoms with Crippen molar-refractivity contribution < 1.29 is 9.47 Å². The molecule has 0 aliphatic carbocycles. The Bertz CT molecular complexity index is 948. The van der Waals surface area contributed by atoms with Crippen LogP contribution in [0.3, 0.4) is 0 Å². The van der Waals surface area contributed by atoms with Crippen LogP contribution in [0.15, 0.2) is 42.7 Å². The Morgan fingerprint density at radius 1 is 1.23 bits per heavy atom. The Morgan fingerprint density at radius 3 is 2.69 bits per heavy atom. The summed E-state index contributed by atoms with van der Waals surface area (Å²) in [5.41, 5.74) is 4.38. The maximum atomic E-state index is 8.87. The number of hydrogen-bond donors (Lipinski definition) is 0. The number of methoxy groups -OCH3 is 1. The van der Waals surface area contributed by atoms with Crippen LogP contribution in [-0.2, 0) is 11.2 Å². The van der Waals surface area contributed by atoms with Crippen molar-refractivity contribution in [2.24, 2.45) is 0 Å². The third kappa shape index (κ3) is 2.93. The van der Waals surface area contributed by atoms with Crippen LogP contribution < -0.4 is 4.74 Å². The summed E-state index contributed by atoms with van der Waals surface area (Å²) in [7, 11) is 1.66. The molecule has 0 atom stereocenters. The largest absolute Gasteiger partial charge is 0.480 e. The first-order chi connectivity index (χ1) is 12.8. The van der Waals surface area contributed by atoms with Gasteiger partial charge in [-0.3, -0.25) is 0 Å². The number of benzene rings is 1. The summed E-state index contributed by atoms with van der Waals surface area (Å²) in [5.74, 6) is 0.643. The van der Waals surface area contributed by atoms with Gasteiger partial charge in [0.1, 0.15) is 0 Å². The molecule has 0 radical (unpaired) electrons. The van der Waals surface area contributed by atoms with Crippen LogP contribution in [0.2, 0.25) is 0 Å². The molecule has 0 bridgehead atoms. The number of nitrogens with zero attached hydrogens (tertiary/aromatic N) is 3. The molecule has 1 saturated heterocycles. The molecule has 0 N–H and O–H groups in total. The minimum absolute atomic E-state index is 0.421. The molecule has 1 aliphatic heterocycles. The van der Waals surface area contributed by atoms with Crippen molar-refractivity contribution in [2.45, 2.75) is 25.3 Å². The number of ether oxygens (including phenoxy) is 2. The van der Waals surface area contributed by atoms with E-state index in [0.29, 0.717) is 18.3 Å². The second-order valence-electron chi connectivity index (χ2n) is 6.54. The van der Waals surface area contributed by atoms with E-state index in [1.165, 1.54) is 0 Å². The number of rotatable bonds is 4. The highest BCUT2D eigenvalue weighted by atomic mass is 16.5. The van der Waals surface area contributed by atoms with Crippen LogP contribution in [0.1, 0.15) is 24.4 Å². The van der Waals surface area contributed by atoms with Crippen LogP contribution in [0.5, 0.6) is 5.88 Å². The molecular weight excluding hydrogens is 326 g/mol. The molecule has 0 saturated carbocycles. The molecule has 4 rings (SSSR count). The van der Waals surface area contributed by atoms with Crippen molar-refractivity contribution in [3.8, 4) is 23.1 Å². The molecule has 2 aromatic heterocycles. The molecular formula is C21H21N3O2. The first-order valence-electron chi connectivity index (χ1n) is 8.89. The molecule has 0 amide bonds. The maximum Gasteiger partial charge on any atom is 0.223 e. The summed E-state index contributed by atoms with van der Waals surface area (Å²) in [4.78, 5) is 4.41. The van der Waals surface area contributed by atoms with Crippen LogP contribution in [0, 0.1) is 11.3 Å². The summed E-state index contributed by atoms with van der Waals surface area (Å²) in [6.45, 7) is 1.59. The van der Waals surface area contributed by atoms with E-state index in [1.54, 1.807) is 13.3 Å². The van der Waals surface area contributed by atoms with E-state index in [9.17, 15) is 0 Å². The lowest BCUT2D eigenvalue weighted by Gasteiger charge is -2.24. The van der Waals surface area contributed by atoms with Crippen molar-refractivity contribution in [1.29, 1.82) is 5.26 Å². The summed E-state index contributed by atoms with van der Waals surface area (Å²) in [6.07, 6.45) is 6.46. The van der Waals surface area contributed by atoms with E-state index in [0.717, 1.165) is 53.6 Å². The fourth-order valence-electron chi connectivity index (χ4n) is 3.71. The maximum absolute atomic E-state index is 8.87. The van der Waals surface area contributed by atoms with E-state index in [2.05, 4.69) is 40.0 Å². The van der Waals surface area contributed by atoms with E-state index in [4.69, 9.17) is 14.7 Å². The second-order valence-corrected chi connectivity index (χ2v) is 6.54. The first kappa shape index (κ1) is 16.6. The van der Waals surface area contributed by atoms with E-state index < -0.39 is 0 Å².